The maximum Gasteiger partial charge on any atom is 0.238 e. The first-order valence-electron chi connectivity index (χ1n) is 21.4. The van der Waals surface area contributed by atoms with E-state index in [1.807, 2.05) is 24.3 Å². The van der Waals surface area contributed by atoms with Gasteiger partial charge in [0.1, 0.15) is 11.2 Å². The predicted molar refractivity (Wildman–Crippen MR) is 265 cm³/mol. The highest BCUT2D eigenvalue weighted by atomic mass is 32.1. The monoisotopic (exact) mass is 835 g/mol. The summed E-state index contributed by atoms with van der Waals surface area (Å²) in [5, 5.41) is 9.21. The van der Waals surface area contributed by atoms with Crippen molar-refractivity contribution in [3.8, 4) is 45.5 Å². The Kier molecular flexibility index (Phi) is 7.46. The molecule has 0 radical (unpaired) electrons. The summed E-state index contributed by atoms with van der Waals surface area (Å²) >= 11 is 1.80. The fraction of sp³-hybridized carbons (Fsp3) is 0. The highest BCUT2D eigenvalue weighted by Crippen LogP contribution is 2.45. The zero-order valence-corrected chi connectivity index (χ0v) is 34.9. The summed E-state index contributed by atoms with van der Waals surface area (Å²) in [6.07, 6.45) is 0. The zero-order valence-electron chi connectivity index (χ0n) is 34.1. The Morgan fingerprint density at radius 1 is 0.375 bits per heavy atom. The van der Waals surface area contributed by atoms with E-state index in [0.29, 0.717) is 17.6 Å². The minimum Gasteiger partial charge on any atom is -0.456 e. The van der Waals surface area contributed by atoms with Crippen LogP contribution in [-0.4, -0.2) is 24.1 Å². The van der Waals surface area contributed by atoms with Crippen LogP contribution in [0.3, 0.4) is 0 Å². The molecule has 0 bridgehead atoms. The van der Waals surface area contributed by atoms with Gasteiger partial charge in [0.05, 0.1) is 27.8 Å². The second-order valence-corrected chi connectivity index (χ2v) is 17.4. The first kappa shape index (κ1) is 35.2. The number of nitrogens with zero attached hydrogens (tertiary/aromatic N) is 5. The molecule has 6 nitrogen and oxygen atoms in total. The summed E-state index contributed by atoms with van der Waals surface area (Å²) < 4.78 is 13.8. The molecule has 9 aromatic carbocycles. The van der Waals surface area contributed by atoms with Crippen molar-refractivity contribution < 1.29 is 4.42 Å². The largest absolute Gasteiger partial charge is 0.456 e. The number of thiophene rings is 1. The number of benzene rings is 9. The van der Waals surface area contributed by atoms with Crippen LogP contribution in [0.5, 0.6) is 0 Å². The lowest BCUT2D eigenvalue weighted by atomic mass is 9.98. The molecule has 0 atom stereocenters. The third-order valence-corrected chi connectivity index (χ3v) is 13.9. The molecule has 14 rings (SSSR count). The van der Waals surface area contributed by atoms with Crippen LogP contribution < -0.4 is 0 Å². The Balaban J connectivity index is 1.07. The average Bonchev–Trinajstić information content (AvgIpc) is 4.11. The van der Waals surface area contributed by atoms with Gasteiger partial charge in [-0.25, -0.2) is 4.98 Å². The Hall–Kier alpha value is -8.39. The lowest BCUT2D eigenvalue weighted by Gasteiger charge is -2.13. The molecule has 0 aliphatic carbocycles. The standard InChI is InChI=1S/C57H33N5OS/c1-3-15-34(16-4-1)44-32-37(33-49-52(44)43-22-9-13-25-48(43)63-49)61-46-24-12-8-21-42(46)53-47(61)30-29-41-38-19-7-11-23-45(38)62(54(41)53)57-59-55(35-17-5-2-6-18-35)58-56(60-57)36-27-28-40-39-20-10-14-26-50(39)64-51(40)31-36/h1-33H. The third-order valence-electron chi connectivity index (χ3n) is 12.8. The molecule has 0 aliphatic heterocycles. The minimum absolute atomic E-state index is 0.561. The second-order valence-electron chi connectivity index (χ2n) is 16.3. The Labute approximate surface area is 369 Å². The number of aromatic nitrogens is 5. The Bertz CT molecular complexity index is 4200. The van der Waals surface area contributed by atoms with Crippen LogP contribution in [0.1, 0.15) is 0 Å². The quantitative estimate of drug-likeness (QED) is 0.173. The van der Waals surface area contributed by atoms with Gasteiger partial charge in [0.2, 0.25) is 5.95 Å². The zero-order chi connectivity index (χ0) is 41.9. The number of para-hydroxylation sites is 3. The van der Waals surface area contributed by atoms with E-state index in [0.717, 1.165) is 93.5 Å². The molecule has 64 heavy (non-hydrogen) atoms. The molecule has 14 aromatic rings. The summed E-state index contributed by atoms with van der Waals surface area (Å²) in [5.41, 5.74) is 11.1. The average molecular weight is 836 g/mol. The van der Waals surface area contributed by atoms with Crippen LogP contribution in [-0.2, 0) is 0 Å². The van der Waals surface area contributed by atoms with E-state index in [4.69, 9.17) is 19.4 Å². The molecular weight excluding hydrogens is 803 g/mol. The van der Waals surface area contributed by atoms with E-state index >= 15 is 0 Å². The smallest absolute Gasteiger partial charge is 0.238 e. The van der Waals surface area contributed by atoms with Crippen molar-refractivity contribution in [1.82, 2.24) is 24.1 Å². The fourth-order valence-corrected chi connectivity index (χ4v) is 11.1. The minimum atomic E-state index is 0.561. The normalized spacial score (nSPS) is 12.1. The van der Waals surface area contributed by atoms with Gasteiger partial charge in [-0.05, 0) is 53.6 Å². The van der Waals surface area contributed by atoms with Gasteiger partial charge >= 0.3 is 0 Å². The SMILES string of the molecule is c1ccc(-c2nc(-c3ccc4c(c3)sc3ccccc34)nc(-n3c4ccccc4c4ccc5c(c6ccccc6n5-c5cc(-c6ccccc6)c6c(c5)oc5ccccc56)c43)n2)cc1. The molecule has 0 N–H and O–H groups in total. The van der Waals surface area contributed by atoms with E-state index in [-0.39, 0.29) is 0 Å². The second kappa shape index (κ2) is 13.6. The van der Waals surface area contributed by atoms with Gasteiger partial charge in [0.25, 0.3) is 0 Å². The van der Waals surface area contributed by atoms with Crippen LogP contribution in [0.15, 0.2) is 205 Å². The predicted octanol–water partition coefficient (Wildman–Crippen LogP) is 15.3. The molecule has 0 amide bonds. The van der Waals surface area contributed by atoms with E-state index in [1.54, 1.807) is 11.3 Å². The van der Waals surface area contributed by atoms with Crippen molar-refractivity contribution in [3.63, 3.8) is 0 Å². The van der Waals surface area contributed by atoms with Gasteiger partial charge in [-0.3, -0.25) is 4.57 Å². The van der Waals surface area contributed by atoms with Crippen LogP contribution >= 0.6 is 11.3 Å². The fourth-order valence-electron chi connectivity index (χ4n) is 9.98. The molecule has 0 saturated carbocycles. The molecule has 5 aromatic heterocycles. The summed E-state index contributed by atoms with van der Waals surface area (Å²) in [5.74, 6) is 1.80. The van der Waals surface area contributed by atoms with E-state index in [2.05, 4.69) is 185 Å². The van der Waals surface area contributed by atoms with Gasteiger partial charge < -0.3 is 8.98 Å². The van der Waals surface area contributed by atoms with Crippen molar-refractivity contribution in [3.05, 3.63) is 200 Å². The van der Waals surface area contributed by atoms with Gasteiger partial charge in [-0.2, -0.15) is 9.97 Å². The number of furan rings is 1. The topological polar surface area (TPSA) is 61.7 Å². The molecule has 5 heterocycles. The van der Waals surface area contributed by atoms with Crippen molar-refractivity contribution in [2.75, 3.05) is 0 Å². The number of hydrogen-bond donors (Lipinski definition) is 0. The molecule has 0 fully saturated rings. The Morgan fingerprint density at radius 3 is 1.81 bits per heavy atom. The number of fused-ring (bicyclic) bond motifs is 13. The Morgan fingerprint density at radius 2 is 1.00 bits per heavy atom. The molecule has 0 aliphatic rings. The highest BCUT2D eigenvalue weighted by molar-refractivity contribution is 7.25. The highest BCUT2D eigenvalue weighted by Gasteiger charge is 2.24. The van der Waals surface area contributed by atoms with Gasteiger partial charge in [0.15, 0.2) is 11.6 Å². The summed E-state index contributed by atoms with van der Waals surface area (Å²) in [7, 11) is 0. The van der Waals surface area contributed by atoms with E-state index in [1.165, 1.54) is 20.2 Å². The summed E-state index contributed by atoms with van der Waals surface area (Å²) in [4.78, 5) is 15.9. The maximum atomic E-state index is 6.66. The molecular formula is C57H33N5OS. The number of rotatable bonds is 5. The van der Waals surface area contributed by atoms with Crippen molar-refractivity contribution in [2.45, 2.75) is 0 Å². The first-order valence-corrected chi connectivity index (χ1v) is 22.3. The first-order chi connectivity index (χ1) is 31.7. The maximum absolute atomic E-state index is 6.66. The van der Waals surface area contributed by atoms with Crippen LogP contribution in [0, 0.1) is 0 Å². The van der Waals surface area contributed by atoms with Crippen LogP contribution in [0.2, 0.25) is 0 Å². The molecule has 0 saturated heterocycles. The van der Waals surface area contributed by atoms with Crippen molar-refractivity contribution in [2.24, 2.45) is 0 Å². The van der Waals surface area contributed by atoms with Crippen LogP contribution in [0.25, 0.3) is 131 Å². The molecule has 0 unspecified atom stereocenters. The lowest BCUT2D eigenvalue weighted by Crippen LogP contribution is -2.06. The lowest BCUT2D eigenvalue weighted by molar-refractivity contribution is 0.668. The summed E-state index contributed by atoms with van der Waals surface area (Å²) in [6.45, 7) is 0. The van der Waals surface area contributed by atoms with E-state index < -0.39 is 0 Å². The number of hydrogen-bond acceptors (Lipinski definition) is 5. The van der Waals surface area contributed by atoms with Crippen molar-refractivity contribution in [1.29, 1.82) is 0 Å². The van der Waals surface area contributed by atoms with Gasteiger partial charge in [-0.15, -0.1) is 11.3 Å². The van der Waals surface area contributed by atoms with Gasteiger partial charge in [-0.1, -0.05) is 152 Å². The third kappa shape index (κ3) is 5.16. The van der Waals surface area contributed by atoms with Crippen LogP contribution in [0.4, 0.5) is 0 Å². The molecule has 0 spiro atoms. The molecule has 298 valence electrons. The van der Waals surface area contributed by atoms with Crippen molar-refractivity contribution >= 4 is 97.1 Å². The summed E-state index contributed by atoms with van der Waals surface area (Å²) in [6, 6.07) is 70.7. The molecule has 7 heteroatoms. The van der Waals surface area contributed by atoms with E-state index in [9.17, 15) is 0 Å². The van der Waals surface area contributed by atoms with Gasteiger partial charge in [0, 0.05) is 69.7 Å².